The summed E-state index contributed by atoms with van der Waals surface area (Å²) in [6.45, 7) is 0. The van der Waals surface area contributed by atoms with E-state index in [4.69, 9.17) is 5.84 Å². The molecule has 3 N–H and O–H groups in total. The summed E-state index contributed by atoms with van der Waals surface area (Å²) in [4.78, 5) is 0. The molecule has 0 aliphatic heterocycles. The minimum absolute atomic E-state index is 0.152. The fourth-order valence-corrected chi connectivity index (χ4v) is 3.41. The Morgan fingerprint density at radius 2 is 1.90 bits per heavy atom. The quantitative estimate of drug-likeness (QED) is 0.662. The van der Waals surface area contributed by atoms with Crippen LogP contribution in [-0.2, 0) is 19.3 Å². The van der Waals surface area contributed by atoms with Crippen molar-refractivity contribution in [3.8, 4) is 0 Å². The Labute approximate surface area is 128 Å². The highest BCUT2D eigenvalue weighted by Gasteiger charge is 2.16. The largest absolute Gasteiger partial charge is 0.271 e. The average molecular weight is 331 g/mol. The number of halogens is 1. The Hall–Kier alpha value is -1.16. The summed E-state index contributed by atoms with van der Waals surface area (Å²) in [5.74, 6) is 5.78. The van der Waals surface area contributed by atoms with Crippen molar-refractivity contribution in [2.24, 2.45) is 5.84 Å². The summed E-state index contributed by atoms with van der Waals surface area (Å²) in [7, 11) is 0. The molecule has 0 bridgehead atoms. The predicted molar refractivity (Wildman–Crippen MR) is 86.4 cm³/mol. The number of rotatable bonds is 4. The van der Waals surface area contributed by atoms with Crippen LogP contribution < -0.4 is 11.3 Å². The van der Waals surface area contributed by atoms with Gasteiger partial charge in [-0.05, 0) is 54.0 Å². The van der Waals surface area contributed by atoms with Crippen LogP contribution in [0.15, 0.2) is 46.9 Å². The van der Waals surface area contributed by atoms with Gasteiger partial charge >= 0.3 is 0 Å². The van der Waals surface area contributed by atoms with Gasteiger partial charge in [-0.1, -0.05) is 52.3 Å². The second kappa shape index (κ2) is 6.08. The number of hydrogen-bond acceptors (Lipinski definition) is 2. The van der Waals surface area contributed by atoms with Crippen molar-refractivity contribution >= 4 is 15.9 Å². The van der Waals surface area contributed by atoms with Crippen LogP contribution in [0.3, 0.4) is 0 Å². The zero-order valence-corrected chi connectivity index (χ0v) is 13.0. The van der Waals surface area contributed by atoms with Crippen LogP contribution in [-0.4, -0.2) is 0 Å². The number of nitrogens with one attached hydrogen (secondary N) is 1. The molecule has 0 heterocycles. The smallest absolute Gasteiger partial charge is 0.0500 e. The third kappa shape index (κ3) is 2.80. The van der Waals surface area contributed by atoms with Crippen LogP contribution in [0.25, 0.3) is 0 Å². The molecule has 1 atom stereocenters. The first-order chi connectivity index (χ1) is 9.78. The third-order valence-corrected chi connectivity index (χ3v) is 4.88. The van der Waals surface area contributed by atoms with E-state index in [9.17, 15) is 0 Å². The summed E-state index contributed by atoms with van der Waals surface area (Å²) in [6.07, 6.45) is 4.59. The molecule has 1 aliphatic rings. The molecule has 20 heavy (non-hydrogen) atoms. The average Bonchev–Trinajstić information content (AvgIpc) is 2.94. The summed E-state index contributed by atoms with van der Waals surface area (Å²) in [5, 5.41) is 0. The molecule has 0 saturated heterocycles. The van der Waals surface area contributed by atoms with Crippen molar-refractivity contribution in [2.75, 3.05) is 0 Å². The molecule has 0 amide bonds. The molecule has 2 aromatic rings. The summed E-state index contributed by atoms with van der Waals surface area (Å²) >= 11 is 3.61. The van der Waals surface area contributed by atoms with E-state index in [1.807, 2.05) is 6.07 Å². The molecule has 104 valence electrons. The normalized spacial score (nSPS) is 15.1. The van der Waals surface area contributed by atoms with Crippen molar-refractivity contribution in [1.29, 1.82) is 0 Å². The van der Waals surface area contributed by atoms with Crippen LogP contribution >= 0.6 is 15.9 Å². The second-order valence-corrected chi connectivity index (χ2v) is 6.25. The van der Waals surface area contributed by atoms with Crippen molar-refractivity contribution in [3.05, 3.63) is 69.2 Å². The highest BCUT2D eigenvalue weighted by molar-refractivity contribution is 9.10. The van der Waals surface area contributed by atoms with Crippen molar-refractivity contribution in [3.63, 3.8) is 0 Å². The van der Waals surface area contributed by atoms with E-state index in [1.165, 1.54) is 41.5 Å². The number of nitrogens with two attached hydrogens (primary N) is 1. The lowest BCUT2D eigenvalue weighted by Gasteiger charge is -2.18. The van der Waals surface area contributed by atoms with E-state index in [0.717, 1.165) is 10.9 Å². The molecule has 0 saturated carbocycles. The minimum Gasteiger partial charge on any atom is -0.271 e. The molecule has 0 spiro atoms. The molecule has 0 radical (unpaired) electrons. The monoisotopic (exact) mass is 330 g/mol. The standard InChI is InChI=1S/C17H19BrN2/c18-16-7-2-1-4-14(16)11-17(20-19)15-9-8-12-5-3-6-13(12)10-15/h1-2,4,7-10,17,20H,3,5-6,11,19H2. The summed E-state index contributed by atoms with van der Waals surface area (Å²) in [6, 6.07) is 15.3. The first kappa shape index (κ1) is 13.8. The minimum atomic E-state index is 0.152. The van der Waals surface area contributed by atoms with E-state index in [-0.39, 0.29) is 6.04 Å². The van der Waals surface area contributed by atoms with Crippen molar-refractivity contribution < 1.29 is 0 Å². The number of hydrogen-bond donors (Lipinski definition) is 2. The first-order valence-corrected chi connectivity index (χ1v) is 7.88. The van der Waals surface area contributed by atoms with Gasteiger partial charge in [0.2, 0.25) is 0 Å². The van der Waals surface area contributed by atoms with Gasteiger partial charge in [0.1, 0.15) is 0 Å². The van der Waals surface area contributed by atoms with Gasteiger partial charge in [0, 0.05) is 4.47 Å². The molecule has 2 nitrogen and oxygen atoms in total. The molecule has 2 aromatic carbocycles. The topological polar surface area (TPSA) is 38.0 Å². The highest BCUT2D eigenvalue weighted by atomic mass is 79.9. The maximum absolute atomic E-state index is 5.78. The first-order valence-electron chi connectivity index (χ1n) is 7.09. The lowest BCUT2D eigenvalue weighted by atomic mass is 9.96. The Bertz CT molecular complexity index is 610. The molecule has 3 heteroatoms. The zero-order chi connectivity index (χ0) is 13.9. The number of fused-ring (bicyclic) bond motifs is 1. The van der Waals surface area contributed by atoms with E-state index in [2.05, 4.69) is 57.8 Å². The van der Waals surface area contributed by atoms with Crippen LogP contribution in [0, 0.1) is 0 Å². The molecule has 0 aromatic heterocycles. The lowest BCUT2D eigenvalue weighted by molar-refractivity contribution is 0.550. The lowest BCUT2D eigenvalue weighted by Crippen LogP contribution is -2.29. The Kier molecular flexibility index (Phi) is 4.20. The van der Waals surface area contributed by atoms with E-state index < -0.39 is 0 Å². The van der Waals surface area contributed by atoms with E-state index >= 15 is 0 Å². The Balaban J connectivity index is 1.85. The van der Waals surface area contributed by atoms with E-state index in [1.54, 1.807) is 0 Å². The van der Waals surface area contributed by atoms with Crippen LogP contribution in [0.5, 0.6) is 0 Å². The molecular formula is C17H19BrN2. The van der Waals surface area contributed by atoms with Crippen LogP contribution in [0.2, 0.25) is 0 Å². The van der Waals surface area contributed by atoms with Gasteiger partial charge in [0.15, 0.2) is 0 Å². The van der Waals surface area contributed by atoms with Gasteiger partial charge in [-0.15, -0.1) is 0 Å². The van der Waals surface area contributed by atoms with Gasteiger partial charge in [-0.2, -0.15) is 0 Å². The van der Waals surface area contributed by atoms with Crippen molar-refractivity contribution in [2.45, 2.75) is 31.7 Å². The highest BCUT2D eigenvalue weighted by Crippen LogP contribution is 2.28. The number of aryl methyl sites for hydroxylation is 2. The van der Waals surface area contributed by atoms with Crippen LogP contribution in [0.1, 0.15) is 34.7 Å². The van der Waals surface area contributed by atoms with Gasteiger partial charge in [0.05, 0.1) is 6.04 Å². The second-order valence-electron chi connectivity index (χ2n) is 5.40. The maximum atomic E-state index is 5.78. The van der Waals surface area contributed by atoms with E-state index in [0.29, 0.717) is 0 Å². The third-order valence-electron chi connectivity index (χ3n) is 4.11. The molecule has 0 fully saturated rings. The van der Waals surface area contributed by atoms with Crippen molar-refractivity contribution in [1.82, 2.24) is 5.43 Å². The maximum Gasteiger partial charge on any atom is 0.0500 e. The van der Waals surface area contributed by atoms with Crippen LogP contribution in [0.4, 0.5) is 0 Å². The summed E-state index contributed by atoms with van der Waals surface area (Å²) < 4.78 is 1.14. The fraction of sp³-hybridized carbons (Fsp3) is 0.294. The van der Waals surface area contributed by atoms with Gasteiger partial charge in [0.25, 0.3) is 0 Å². The molecule has 1 unspecified atom stereocenters. The Morgan fingerprint density at radius 3 is 2.70 bits per heavy atom. The fourth-order valence-electron chi connectivity index (χ4n) is 2.97. The van der Waals surface area contributed by atoms with Gasteiger partial charge < -0.3 is 0 Å². The molecular weight excluding hydrogens is 312 g/mol. The Morgan fingerprint density at radius 1 is 1.10 bits per heavy atom. The number of benzene rings is 2. The predicted octanol–water partition coefficient (Wildman–Crippen LogP) is 3.68. The number of hydrazine groups is 1. The zero-order valence-electron chi connectivity index (χ0n) is 11.4. The SMILES string of the molecule is NNC(Cc1ccccc1Br)c1ccc2c(c1)CCC2. The van der Waals surface area contributed by atoms with Gasteiger partial charge in [-0.25, -0.2) is 0 Å². The summed E-state index contributed by atoms with van der Waals surface area (Å²) in [5.41, 5.74) is 8.52. The molecule has 3 rings (SSSR count). The molecule has 1 aliphatic carbocycles. The van der Waals surface area contributed by atoms with Gasteiger partial charge in [-0.3, -0.25) is 11.3 Å².